The van der Waals surface area contributed by atoms with Gasteiger partial charge in [-0.1, -0.05) is 13.0 Å². The quantitative estimate of drug-likeness (QED) is 0.859. The van der Waals surface area contributed by atoms with Crippen molar-refractivity contribution in [1.29, 1.82) is 0 Å². The van der Waals surface area contributed by atoms with Crippen molar-refractivity contribution in [2.45, 2.75) is 51.5 Å². The molecule has 0 spiro atoms. The minimum atomic E-state index is -0.694. The van der Waals surface area contributed by atoms with Gasteiger partial charge < -0.3 is 15.6 Å². The number of para-hydroxylation sites is 1. The molecule has 2 amide bonds. The molecule has 1 fully saturated rings. The molecule has 7 heteroatoms. The fourth-order valence-corrected chi connectivity index (χ4v) is 3.72. The second kappa shape index (κ2) is 7.43. The zero-order valence-corrected chi connectivity index (χ0v) is 15.2. The van der Waals surface area contributed by atoms with E-state index in [1.807, 2.05) is 11.8 Å². The highest BCUT2D eigenvalue weighted by Crippen LogP contribution is 2.29. The van der Waals surface area contributed by atoms with Gasteiger partial charge in [-0.2, -0.15) is 0 Å². The lowest BCUT2D eigenvalue weighted by atomic mass is 9.88. The van der Waals surface area contributed by atoms with Gasteiger partial charge in [-0.15, -0.1) is 0 Å². The predicted octanol–water partition coefficient (Wildman–Crippen LogP) is 2.70. The predicted molar refractivity (Wildman–Crippen MR) is 96.8 cm³/mol. The Morgan fingerprint density at radius 3 is 2.85 bits per heavy atom. The van der Waals surface area contributed by atoms with Crippen molar-refractivity contribution in [1.82, 2.24) is 14.9 Å². The molecular formula is C19H25FN4O2. The van der Waals surface area contributed by atoms with Crippen LogP contribution in [0.5, 0.6) is 0 Å². The van der Waals surface area contributed by atoms with Crippen LogP contribution in [-0.2, 0) is 9.59 Å². The zero-order valence-electron chi connectivity index (χ0n) is 15.2. The molecule has 1 aromatic carbocycles. The minimum Gasteiger partial charge on any atom is -0.369 e. The summed E-state index contributed by atoms with van der Waals surface area (Å²) in [4.78, 5) is 33.9. The van der Waals surface area contributed by atoms with E-state index in [9.17, 15) is 14.0 Å². The van der Waals surface area contributed by atoms with E-state index in [0.29, 0.717) is 11.3 Å². The maximum Gasteiger partial charge on any atom is 0.223 e. The third kappa shape index (κ3) is 3.57. The molecule has 1 unspecified atom stereocenters. The largest absolute Gasteiger partial charge is 0.369 e. The van der Waals surface area contributed by atoms with Gasteiger partial charge in [0.25, 0.3) is 0 Å². The number of aromatic nitrogens is 2. The van der Waals surface area contributed by atoms with Gasteiger partial charge in [-0.05, 0) is 38.3 Å². The number of imidazole rings is 1. The number of aromatic amines is 1. The van der Waals surface area contributed by atoms with Crippen LogP contribution in [0.4, 0.5) is 4.39 Å². The van der Waals surface area contributed by atoms with Crippen molar-refractivity contribution < 1.29 is 14.0 Å². The monoisotopic (exact) mass is 360 g/mol. The number of nitrogens with two attached hydrogens (primary N) is 1. The number of hydrogen-bond acceptors (Lipinski definition) is 3. The maximum atomic E-state index is 13.9. The molecular weight excluding hydrogens is 335 g/mol. The Labute approximate surface area is 152 Å². The van der Waals surface area contributed by atoms with Crippen LogP contribution in [0.3, 0.4) is 0 Å². The van der Waals surface area contributed by atoms with E-state index in [-0.39, 0.29) is 23.9 Å². The Morgan fingerprint density at radius 2 is 2.19 bits per heavy atom. The van der Waals surface area contributed by atoms with Gasteiger partial charge in [-0.3, -0.25) is 9.59 Å². The number of amides is 2. The van der Waals surface area contributed by atoms with E-state index < -0.39 is 23.6 Å². The average molecular weight is 360 g/mol. The molecule has 1 saturated heterocycles. The molecule has 0 saturated carbocycles. The molecule has 1 aromatic heterocycles. The maximum absolute atomic E-state index is 13.9. The lowest BCUT2D eigenvalue weighted by Gasteiger charge is -2.34. The van der Waals surface area contributed by atoms with E-state index in [0.717, 1.165) is 25.8 Å². The number of nitrogens with zero attached hydrogens (tertiary/aromatic N) is 2. The van der Waals surface area contributed by atoms with Crippen LogP contribution in [0, 0.1) is 11.7 Å². The topological polar surface area (TPSA) is 92.1 Å². The third-order valence-electron chi connectivity index (χ3n) is 5.40. The number of likely N-dealkylation sites (tertiary alicyclic amines) is 1. The van der Waals surface area contributed by atoms with Gasteiger partial charge in [-0.25, -0.2) is 9.37 Å². The van der Waals surface area contributed by atoms with Crippen LogP contribution in [0.15, 0.2) is 18.2 Å². The number of fused-ring (bicyclic) bond motifs is 1. The van der Waals surface area contributed by atoms with Crippen LogP contribution in [0.2, 0.25) is 0 Å². The van der Waals surface area contributed by atoms with Gasteiger partial charge in [0.2, 0.25) is 11.8 Å². The highest BCUT2D eigenvalue weighted by molar-refractivity contribution is 5.86. The average Bonchev–Trinajstić information content (AvgIpc) is 3.05. The molecule has 6 nitrogen and oxygen atoms in total. The van der Waals surface area contributed by atoms with Crippen molar-refractivity contribution in [2.24, 2.45) is 11.7 Å². The van der Waals surface area contributed by atoms with Crippen LogP contribution < -0.4 is 5.73 Å². The number of rotatable bonds is 5. The molecule has 3 N–H and O–H groups in total. The first kappa shape index (κ1) is 18.4. The lowest BCUT2D eigenvalue weighted by molar-refractivity contribution is -0.138. The lowest BCUT2D eigenvalue weighted by Crippen LogP contribution is -2.44. The normalized spacial score (nSPS) is 20.1. The van der Waals surface area contributed by atoms with Crippen LogP contribution in [0.25, 0.3) is 11.0 Å². The Hall–Kier alpha value is -2.44. The van der Waals surface area contributed by atoms with E-state index in [1.54, 1.807) is 19.1 Å². The fourth-order valence-electron chi connectivity index (χ4n) is 3.72. The van der Waals surface area contributed by atoms with E-state index in [4.69, 9.17) is 5.73 Å². The Balaban J connectivity index is 1.81. The molecule has 3 rings (SSSR count). The summed E-state index contributed by atoms with van der Waals surface area (Å²) in [5.41, 5.74) is 6.38. The third-order valence-corrected chi connectivity index (χ3v) is 5.40. The van der Waals surface area contributed by atoms with E-state index >= 15 is 0 Å². The number of benzene rings is 1. The Morgan fingerprint density at radius 1 is 1.42 bits per heavy atom. The highest BCUT2D eigenvalue weighted by atomic mass is 19.1. The van der Waals surface area contributed by atoms with Gasteiger partial charge in [0.15, 0.2) is 5.82 Å². The summed E-state index contributed by atoms with van der Waals surface area (Å²) in [7, 11) is 0. The van der Waals surface area contributed by atoms with Crippen molar-refractivity contribution in [2.75, 3.05) is 6.54 Å². The molecule has 0 bridgehead atoms. The van der Waals surface area contributed by atoms with Crippen molar-refractivity contribution >= 4 is 22.8 Å². The molecule has 3 atom stereocenters. The van der Waals surface area contributed by atoms with Gasteiger partial charge in [0.1, 0.15) is 11.3 Å². The van der Waals surface area contributed by atoms with E-state index in [2.05, 4.69) is 9.97 Å². The van der Waals surface area contributed by atoms with Gasteiger partial charge in [0.05, 0.1) is 11.4 Å². The summed E-state index contributed by atoms with van der Waals surface area (Å²) in [5, 5.41) is 0. The Bertz CT molecular complexity index is 819. The summed E-state index contributed by atoms with van der Waals surface area (Å²) >= 11 is 0. The molecule has 0 radical (unpaired) electrons. The van der Waals surface area contributed by atoms with Crippen molar-refractivity contribution in [3.05, 3.63) is 29.8 Å². The number of carbonyl (C=O) groups is 2. The number of carbonyl (C=O) groups excluding carboxylic acids is 2. The van der Waals surface area contributed by atoms with Crippen molar-refractivity contribution in [3.8, 4) is 0 Å². The molecule has 2 heterocycles. The summed E-state index contributed by atoms with van der Waals surface area (Å²) < 4.78 is 13.9. The summed E-state index contributed by atoms with van der Waals surface area (Å²) in [5.74, 6) is -1.67. The molecule has 2 aromatic rings. The highest BCUT2D eigenvalue weighted by Gasteiger charge is 2.32. The number of hydrogen-bond donors (Lipinski definition) is 2. The number of H-pyrrole nitrogens is 1. The SMILES string of the molecule is C[C@@H](c1nc2c(F)cccc2[nH]1)C(CC(=O)N1CCCC[C@@H]1C)C(N)=O. The molecule has 1 aliphatic heterocycles. The zero-order chi connectivity index (χ0) is 18.8. The molecule has 1 aliphatic rings. The molecule has 0 aliphatic carbocycles. The summed E-state index contributed by atoms with van der Waals surface area (Å²) in [6, 6.07) is 4.84. The first-order valence-corrected chi connectivity index (χ1v) is 9.11. The van der Waals surface area contributed by atoms with Crippen LogP contribution >= 0.6 is 0 Å². The fraction of sp³-hybridized carbons (Fsp3) is 0.526. The number of halogens is 1. The minimum absolute atomic E-state index is 0.0420. The summed E-state index contributed by atoms with van der Waals surface area (Å²) in [6.07, 6.45) is 3.12. The van der Waals surface area contributed by atoms with E-state index in [1.165, 1.54) is 6.07 Å². The summed E-state index contributed by atoms with van der Waals surface area (Å²) in [6.45, 7) is 4.54. The molecule has 140 valence electrons. The number of piperidine rings is 1. The molecule has 26 heavy (non-hydrogen) atoms. The first-order chi connectivity index (χ1) is 12.4. The van der Waals surface area contributed by atoms with Gasteiger partial charge in [0, 0.05) is 24.9 Å². The van der Waals surface area contributed by atoms with Crippen LogP contribution in [0.1, 0.15) is 51.3 Å². The van der Waals surface area contributed by atoms with Crippen LogP contribution in [-0.4, -0.2) is 39.3 Å². The number of primary amides is 1. The van der Waals surface area contributed by atoms with Crippen molar-refractivity contribution in [3.63, 3.8) is 0 Å². The standard InChI is InChI=1S/C19H25FN4O2/c1-11-6-3-4-9-24(11)16(25)10-13(18(21)26)12(2)19-22-15-8-5-7-14(20)17(15)23-19/h5,7-8,11-13H,3-4,6,9-10H2,1-2H3,(H2,21,26)(H,22,23)/t11-,12+,13?/m0/s1. The van der Waals surface area contributed by atoms with Gasteiger partial charge >= 0.3 is 0 Å². The second-order valence-electron chi connectivity index (χ2n) is 7.19. The second-order valence-corrected chi connectivity index (χ2v) is 7.19. The first-order valence-electron chi connectivity index (χ1n) is 9.11. The Kier molecular flexibility index (Phi) is 5.25. The number of nitrogens with one attached hydrogen (secondary N) is 1. The smallest absolute Gasteiger partial charge is 0.223 e.